The van der Waals surface area contributed by atoms with Crippen LogP contribution in [0.5, 0.6) is 0 Å². The Morgan fingerprint density at radius 3 is 2.20 bits per heavy atom. The topological polar surface area (TPSA) is 28.8 Å². The Morgan fingerprint density at radius 1 is 0.950 bits per heavy atom. The van der Waals surface area contributed by atoms with Crippen LogP contribution in [-0.2, 0) is 7.05 Å². The van der Waals surface area contributed by atoms with Crippen LogP contribution < -0.4 is 26.3 Å². The van der Waals surface area contributed by atoms with E-state index in [0.717, 1.165) is 22.2 Å². The molecule has 20 heavy (non-hydrogen) atoms. The fourth-order valence-electron chi connectivity index (χ4n) is 1.89. The number of aromatic nitrogens is 2. The molecule has 0 atom stereocenters. The highest BCUT2D eigenvalue weighted by atomic mass is 79.9. The standard InChI is InChI=1S/C15H13N3S.BrH/c1-18-14(12-8-4-2-5-9-12)17-15(19-18)16-13-10-6-3-7-11-13;/h2-11H,1H3;1H. The Bertz CT molecular complexity index is 668. The minimum absolute atomic E-state index is 0. The van der Waals surface area contributed by atoms with Crippen LogP contribution in [0.15, 0.2) is 60.7 Å². The van der Waals surface area contributed by atoms with Crippen molar-refractivity contribution >= 4 is 22.4 Å². The van der Waals surface area contributed by atoms with Gasteiger partial charge in [-0.15, -0.1) is 0 Å². The van der Waals surface area contributed by atoms with E-state index in [0.29, 0.717) is 0 Å². The van der Waals surface area contributed by atoms with Crippen LogP contribution in [0.3, 0.4) is 0 Å². The Labute approximate surface area is 132 Å². The van der Waals surface area contributed by atoms with Gasteiger partial charge in [0.2, 0.25) is 0 Å². The number of hydrogen-bond acceptors (Lipinski definition) is 3. The van der Waals surface area contributed by atoms with Gasteiger partial charge in [0, 0.05) is 5.69 Å². The lowest BCUT2D eigenvalue weighted by atomic mass is 10.2. The number of nitrogens with zero attached hydrogens (tertiary/aromatic N) is 2. The fraction of sp³-hybridized carbons (Fsp3) is 0.0667. The highest BCUT2D eigenvalue weighted by Gasteiger charge is 2.19. The lowest BCUT2D eigenvalue weighted by Crippen LogP contribution is -3.00. The van der Waals surface area contributed by atoms with E-state index in [1.54, 1.807) is 11.5 Å². The van der Waals surface area contributed by atoms with Crippen molar-refractivity contribution in [3.05, 3.63) is 60.7 Å². The molecule has 2 aromatic carbocycles. The molecule has 0 aliphatic heterocycles. The van der Waals surface area contributed by atoms with Crippen molar-refractivity contribution in [1.82, 2.24) is 4.98 Å². The van der Waals surface area contributed by atoms with Crippen LogP contribution in [-0.4, -0.2) is 4.98 Å². The molecule has 0 aliphatic carbocycles. The number of rotatable bonds is 3. The molecule has 3 rings (SSSR count). The van der Waals surface area contributed by atoms with Crippen molar-refractivity contribution in [2.75, 3.05) is 5.32 Å². The van der Waals surface area contributed by atoms with Gasteiger partial charge in [0.05, 0.1) is 12.6 Å². The molecular weight excluding hydrogens is 334 g/mol. The van der Waals surface area contributed by atoms with Gasteiger partial charge in [-0.25, -0.2) is 0 Å². The highest BCUT2D eigenvalue weighted by Crippen LogP contribution is 2.21. The predicted molar refractivity (Wildman–Crippen MR) is 78.5 cm³/mol. The molecule has 0 unspecified atom stereocenters. The number of aryl methyl sites for hydroxylation is 1. The Balaban J connectivity index is 0.00000147. The molecule has 0 spiro atoms. The van der Waals surface area contributed by atoms with Crippen LogP contribution in [0.2, 0.25) is 0 Å². The molecule has 3 aromatic rings. The average Bonchev–Trinajstić information content (AvgIpc) is 2.82. The zero-order valence-corrected chi connectivity index (χ0v) is 13.4. The minimum Gasteiger partial charge on any atom is -1.00 e. The summed E-state index contributed by atoms with van der Waals surface area (Å²) in [6.45, 7) is 0. The van der Waals surface area contributed by atoms with Gasteiger partial charge in [-0.1, -0.05) is 36.4 Å². The number of halogens is 1. The molecule has 0 amide bonds. The Morgan fingerprint density at radius 2 is 1.55 bits per heavy atom. The zero-order valence-electron chi connectivity index (χ0n) is 11.0. The van der Waals surface area contributed by atoms with E-state index in [4.69, 9.17) is 0 Å². The first-order valence-corrected chi connectivity index (χ1v) is 6.85. The maximum absolute atomic E-state index is 4.65. The van der Waals surface area contributed by atoms with Gasteiger partial charge in [0.25, 0.3) is 0 Å². The van der Waals surface area contributed by atoms with Crippen molar-refractivity contribution in [3.63, 3.8) is 0 Å². The summed E-state index contributed by atoms with van der Waals surface area (Å²) in [4.78, 5) is 4.65. The second-order valence-electron chi connectivity index (χ2n) is 4.19. The van der Waals surface area contributed by atoms with Crippen molar-refractivity contribution in [2.24, 2.45) is 7.05 Å². The van der Waals surface area contributed by atoms with Crippen LogP contribution in [0, 0.1) is 0 Å². The van der Waals surface area contributed by atoms with E-state index >= 15 is 0 Å². The van der Waals surface area contributed by atoms with Crippen molar-refractivity contribution in [2.45, 2.75) is 0 Å². The van der Waals surface area contributed by atoms with E-state index < -0.39 is 0 Å². The maximum Gasteiger partial charge on any atom is 0.345 e. The summed E-state index contributed by atoms with van der Waals surface area (Å²) in [6, 6.07) is 20.3. The molecule has 0 saturated heterocycles. The fourth-order valence-corrected chi connectivity index (χ4v) is 2.67. The van der Waals surface area contributed by atoms with Crippen LogP contribution in [0.4, 0.5) is 10.8 Å². The summed E-state index contributed by atoms with van der Waals surface area (Å²) in [5, 5.41) is 4.22. The SMILES string of the molecule is C[n+]1sc(Nc2ccccc2)nc1-c1ccccc1.[Br-]. The van der Waals surface area contributed by atoms with E-state index in [1.165, 1.54) is 0 Å². The molecule has 1 aromatic heterocycles. The third-order valence-corrected chi connectivity index (χ3v) is 3.60. The van der Waals surface area contributed by atoms with Gasteiger partial charge in [-0.05, 0) is 29.2 Å². The summed E-state index contributed by atoms with van der Waals surface area (Å²) < 4.78 is 2.07. The summed E-state index contributed by atoms with van der Waals surface area (Å²) in [6.07, 6.45) is 0. The van der Waals surface area contributed by atoms with Crippen LogP contribution in [0.25, 0.3) is 11.4 Å². The third-order valence-electron chi connectivity index (χ3n) is 2.79. The van der Waals surface area contributed by atoms with Gasteiger partial charge >= 0.3 is 11.0 Å². The van der Waals surface area contributed by atoms with Gasteiger partial charge in [0.1, 0.15) is 11.5 Å². The molecule has 102 valence electrons. The first-order chi connectivity index (χ1) is 9.33. The molecule has 3 nitrogen and oxygen atoms in total. The van der Waals surface area contributed by atoms with E-state index in [1.807, 2.05) is 55.6 Å². The molecule has 1 heterocycles. The van der Waals surface area contributed by atoms with Crippen LogP contribution in [0.1, 0.15) is 0 Å². The smallest absolute Gasteiger partial charge is 0.345 e. The molecule has 0 saturated carbocycles. The largest absolute Gasteiger partial charge is 1.00 e. The van der Waals surface area contributed by atoms with Gasteiger partial charge in [0.15, 0.2) is 0 Å². The Hall–Kier alpha value is -1.72. The maximum atomic E-state index is 4.65. The molecule has 0 aliphatic rings. The first-order valence-electron chi connectivity index (χ1n) is 6.08. The van der Waals surface area contributed by atoms with E-state index in [9.17, 15) is 0 Å². The summed E-state index contributed by atoms with van der Waals surface area (Å²) in [5.74, 6) is 0.976. The van der Waals surface area contributed by atoms with E-state index in [-0.39, 0.29) is 17.0 Å². The quantitative estimate of drug-likeness (QED) is 0.694. The number of benzene rings is 2. The predicted octanol–water partition coefficient (Wildman–Crippen LogP) is 0.382. The van der Waals surface area contributed by atoms with Gasteiger partial charge in [-0.3, -0.25) is 0 Å². The third kappa shape index (κ3) is 3.23. The number of para-hydroxylation sites is 1. The molecule has 0 fully saturated rings. The number of hydrogen-bond donors (Lipinski definition) is 1. The lowest BCUT2D eigenvalue weighted by Gasteiger charge is -1.95. The lowest BCUT2D eigenvalue weighted by molar-refractivity contribution is -0.591. The molecule has 5 heteroatoms. The number of anilines is 2. The molecule has 0 radical (unpaired) electrons. The van der Waals surface area contributed by atoms with Crippen molar-refractivity contribution < 1.29 is 20.9 Å². The monoisotopic (exact) mass is 347 g/mol. The zero-order chi connectivity index (χ0) is 13.1. The Kier molecular flexibility index (Phi) is 4.87. The summed E-state index contributed by atoms with van der Waals surface area (Å²) >= 11 is 1.60. The first kappa shape index (κ1) is 14.7. The van der Waals surface area contributed by atoms with Crippen molar-refractivity contribution in [1.29, 1.82) is 0 Å². The summed E-state index contributed by atoms with van der Waals surface area (Å²) in [5.41, 5.74) is 2.18. The van der Waals surface area contributed by atoms with Gasteiger partial charge in [-0.2, -0.15) is 3.96 Å². The van der Waals surface area contributed by atoms with Gasteiger partial charge < -0.3 is 22.3 Å². The summed E-state index contributed by atoms with van der Waals surface area (Å²) in [7, 11) is 2.02. The molecule has 0 bridgehead atoms. The number of nitrogens with one attached hydrogen (secondary N) is 1. The van der Waals surface area contributed by atoms with Crippen LogP contribution >= 0.6 is 11.5 Å². The van der Waals surface area contributed by atoms with E-state index in [2.05, 4.69) is 26.4 Å². The second-order valence-corrected chi connectivity index (χ2v) is 5.30. The molecule has 1 N–H and O–H groups in total. The highest BCUT2D eigenvalue weighted by molar-refractivity contribution is 7.06. The minimum atomic E-state index is 0. The second kappa shape index (κ2) is 6.63. The molecular formula is C15H14BrN3S. The normalized spacial score (nSPS) is 9.85. The average molecular weight is 348 g/mol. The van der Waals surface area contributed by atoms with Crippen molar-refractivity contribution in [3.8, 4) is 11.4 Å².